The summed E-state index contributed by atoms with van der Waals surface area (Å²) in [6, 6.07) is 13.4. The smallest absolute Gasteiger partial charge is 0.0605 e. The summed E-state index contributed by atoms with van der Waals surface area (Å²) in [5.41, 5.74) is 3.95. The fourth-order valence-corrected chi connectivity index (χ4v) is 3.36. The van der Waals surface area contributed by atoms with Crippen molar-refractivity contribution in [2.45, 2.75) is 38.3 Å². The van der Waals surface area contributed by atoms with Gasteiger partial charge in [0.25, 0.3) is 0 Å². The molecule has 0 bridgehead atoms. The first-order valence-electron chi connectivity index (χ1n) is 7.19. The zero-order valence-electron chi connectivity index (χ0n) is 11.6. The quantitative estimate of drug-likeness (QED) is 0.891. The van der Waals surface area contributed by atoms with E-state index in [2.05, 4.69) is 63.5 Å². The summed E-state index contributed by atoms with van der Waals surface area (Å²) >= 11 is 3.54. The molecule has 1 unspecified atom stereocenters. The van der Waals surface area contributed by atoms with E-state index >= 15 is 0 Å². The third-order valence-corrected chi connectivity index (χ3v) is 4.49. The number of rotatable bonds is 3. The van der Waals surface area contributed by atoms with Crippen LogP contribution in [0.3, 0.4) is 0 Å². The first-order valence-corrected chi connectivity index (χ1v) is 7.98. The van der Waals surface area contributed by atoms with Crippen molar-refractivity contribution in [3.8, 4) is 0 Å². The SMILES string of the molecule is C[C@H](NC1CCCc2cccnc21)c1cccc(Br)c1. The van der Waals surface area contributed by atoms with Crippen molar-refractivity contribution in [3.05, 3.63) is 63.9 Å². The molecule has 0 spiro atoms. The zero-order valence-corrected chi connectivity index (χ0v) is 13.2. The van der Waals surface area contributed by atoms with E-state index in [9.17, 15) is 0 Å². The van der Waals surface area contributed by atoms with Crippen LogP contribution in [-0.2, 0) is 6.42 Å². The maximum Gasteiger partial charge on any atom is 0.0605 e. The highest BCUT2D eigenvalue weighted by molar-refractivity contribution is 9.10. The molecule has 0 radical (unpaired) electrons. The van der Waals surface area contributed by atoms with Crippen molar-refractivity contribution in [1.29, 1.82) is 0 Å². The second kappa shape index (κ2) is 6.06. The first kappa shape index (κ1) is 13.8. The predicted octanol–water partition coefficient (Wildman–Crippen LogP) is 4.57. The Balaban J connectivity index is 1.79. The Morgan fingerprint density at radius 1 is 1.30 bits per heavy atom. The summed E-state index contributed by atoms with van der Waals surface area (Å²) in [7, 11) is 0. The van der Waals surface area contributed by atoms with Gasteiger partial charge in [-0.15, -0.1) is 0 Å². The van der Waals surface area contributed by atoms with Crippen molar-refractivity contribution < 1.29 is 0 Å². The minimum absolute atomic E-state index is 0.324. The topological polar surface area (TPSA) is 24.9 Å². The molecule has 0 saturated heterocycles. The molecule has 2 aromatic rings. The molecule has 0 amide bonds. The molecule has 1 N–H and O–H groups in total. The molecule has 3 heteroatoms. The van der Waals surface area contributed by atoms with Crippen molar-refractivity contribution in [3.63, 3.8) is 0 Å². The van der Waals surface area contributed by atoms with E-state index in [0.29, 0.717) is 12.1 Å². The fraction of sp³-hybridized carbons (Fsp3) is 0.353. The molecule has 0 saturated carbocycles. The number of nitrogens with one attached hydrogen (secondary N) is 1. The number of fused-ring (bicyclic) bond motifs is 1. The molecular formula is C17H19BrN2. The Kier molecular flexibility index (Phi) is 4.18. The summed E-state index contributed by atoms with van der Waals surface area (Å²) in [5.74, 6) is 0. The van der Waals surface area contributed by atoms with E-state index in [-0.39, 0.29) is 0 Å². The van der Waals surface area contributed by atoms with Gasteiger partial charge in [0.1, 0.15) is 0 Å². The summed E-state index contributed by atoms with van der Waals surface area (Å²) in [6.07, 6.45) is 5.47. The van der Waals surface area contributed by atoms with Crippen LogP contribution in [0.1, 0.15) is 48.7 Å². The number of nitrogens with zero attached hydrogens (tertiary/aromatic N) is 1. The maximum absolute atomic E-state index is 4.59. The van der Waals surface area contributed by atoms with Gasteiger partial charge in [-0.1, -0.05) is 34.1 Å². The van der Waals surface area contributed by atoms with Gasteiger partial charge in [-0.25, -0.2) is 0 Å². The molecule has 1 heterocycles. The lowest BCUT2D eigenvalue weighted by Crippen LogP contribution is -2.28. The van der Waals surface area contributed by atoms with Crippen molar-refractivity contribution in [1.82, 2.24) is 10.3 Å². The van der Waals surface area contributed by atoms with Gasteiger partial charge >= 0.3 is 0 Å². The molecule has 104 valence electrons. The lowest BCUT2D eigenvalue weighted by Gasteiger charge is -2.28. The average molecular weight is 331 g/mol. The molecule has 0 aliphatic heterocycles. The van der Waals surface area contributed by atoms with E-state index in [1.807, 2.05) is 12.3 Å². The monoisotopic (exact) mass is 330 g/mol. The van der Waals surface area contributed by atoms with Crippen LogP contribution in [0.5, 0.6) is 0 Å². The highest BCUT2D eigenvalue weighted by atomic mass is 79.9. The van der Waals surface area contributed by atoms with E-state index in [0.717, 1.165) is 10.9 Å². The molecule has 1 aliphatic rings. The lowest BCUT2D eigenvalue weighted by molar-refractivity contribution is 0.406. The van der Waals surface area contributed by atoms with Crippen LogP contribution >= 0.6 is 15.9 Å². The van der Waals surface area contributed by atoms with Crippen LogP contribution in [0.2, 0.25) is 0 Å². The Morgan fingerprint density at radius 3 is 3.05 bits per heavy atom. The number of benzene rings is 1. The summed E-state index contributed by atoms with van der Waals surface area (Å²) in [5, 5.41) is 3.74. The Labute approximate surface area is 128 Å². The first-order chi connectivity index (χ1) is 9.74. The summed E-state index contributed by atoms with van der Waals surface area (Å²) in [4.78, 5) is 4.59. The van der Waals surface area contributed by atoms with Gasteiger partial charge in [-0.3, -0.25) is 4.98 Å². The number of hydrogen-bond acceptors (Lipinski definition) is 2. The van der Waals surface area contributed by atoms with Gasteiger partial charge in [-0.05, 0) is 55.5 Å². The minimum atomic E-state index is 0.324. The molecular weight excluding hydrogens is 312 g/mol. The van der Waals surface area contributed by atoms with Gasteiger partial charge in [0.05, 0.1) is 11.7 Å². The van der Waals surface area contributed by atoms with E-state index in [1.165, 1.54) is 29.7 Å². The Morgan fingerprint density at radius 2 is 2.20 bits per heavy atom. The number of pyridine rings is 1. The van der Waals surface area contributed by atoms with Gasteiger partial charge in [0, 0.05) is 16.7 Å². The standard InChI is InChI=1S/C17H19BrN2/c1-12(14-6-2-8-15(18)11-14)20-16-9-3-5-13-7-4-10-19-17(13)16/h2,4,6-8,10-12,16,20H,3,5,9H2,1H3/t12-,16?/m0/s1. The largest absolute Gasteiger partial charge is 0.302 e. The normalized spacial score (nSPS) is 19.4. The van der Waals surface area contributed by atoms with Crippen LogP contribution in [0.25, 0.3) is 0 Å². The number of halogens is 1. The average Bonchev–Trinajstić information content (AvgIpc) is 2.47. The third kappa shape index (κ3) is 2.94. The van der Waals surface area contributed by atoms with E-state index in [4.69, 9.17) is 0 Å². The van der Waals surface area contributed by atoms with Crippen molar-refractivity contribution in [2.75, 3.05) is 0 Å². The van der Waals surface area contributed by atoms with Crippen LogP contribution < -0.4 is 5.32 Å². The molecule has 3 rings (SSSR count). The molecule has 2 atom stereocenters. The van der Waals surface area contributed by atoms with E-state index < -0.39 is 0 Å². The molecule has 1 aromatic carbocycles. The van der Waals surface area contributed by atoms with E-state index in [1.54, 1.807) is 0 Å². The van der Waals surface area contributed by atoms with Crippen LogP contribution in [0.4, 0.5) is 0 Å². The summed E-state index contributed by atoms with van der Waals surface area (Å²) in [6.45, 7) is 2.22. The second-order valence-corrected chi connectivity index (χ2v) is 6.35. The predicted molar refractivity (Wildman–Crippen MR) is 85.6 cm³/mol. The fourth-order valence-electron chi connectivity index (χ4n) is 2.95. The molecule has 2 nitrogen and oxygen atoms in total. The minimum Gasteiger partial charge on any atom is -0.302 e. The molecule has 20 heavy (non-hydrogen) atoms. The molecule has 1 aromatic heterocycles. The number of aryl methyl sites for hydroxylation is 1. The molecule has 1 aliphatic carbocycles. The van der Waals surface area contributed by atoms with Crippen LogP contribution in [0.15, 0.2) is 47.1 Å². The van der Waals surface area contributed by atoms with Crippen LogP contribution in [0, 0.1) is 0 Å². The van der Waals surface area contributed by atoms with Gasteiger partial charge in [-0.2, -0.15) is 0 Å². The maximum atomic E-state index is 4.59. The Bertz CT molecular complexity index is 597. The third-order valence-electron chi connectivity index (χ3n) is 3.99. The second-order valence-electron chi connectivity index (χ2n) is 5.44. The highest BCUT2D eigenvalue weighted by Gasteiger charge is 2.22. The van der Waals surface area contributed by atoms with Crippen LogP contribution in [-0.4, -0.2) is 4.98 Å². The van der Waals surface area contributed by atoms with Gasteiger partial charge < -0.3 is 5.32 Å². The van der Waals surface area contributed by atoms with Gasteiger partial charge in [0.15, 0.2) is 0 Å². The zero-order chi connectivity index (χ0) is 13.9. The number of aromatic nitrogens is 1. The van der Waals surface area contributed by atoms with Gasteiger partial charge in [0.2, 0.25) is 0 Å². The lowest BCUT2D eigenvalue weighted by atomic mass is 9.91. The summed E-state index contributed by atoms with van der Waals surface area (Å²) < 4.78 is 1.13. The van der Waals surface area contributed by atoms with Crippen molar-refractivity contribution >= 4 is 15.9 Å². The Hall–Kier alpha value is -1.19. The van der Waals surface area contributed by atoms with Crippen molar-refractivity contribution in [2.24, 2.45) is 0 Å². The highest BCUT2D eigenvalue weighted by Crippen LogP contribution is 2.30. The molecule has 0 fully saturated rings. The number of hydrogen-bond donors (Lipinski definition) is 1.